The molecule has 2 heteroatoms. The van der Waals surface area contributed by atoms with Crippen molar-refractivity contribution >= 4 is 75.9 Å². The topological polar surface area (TPSA) is 25.8 Å². The van der Waals surface area contributed by atoms with Gasteiger partial charge in [0.2, 0.25) is 0 Å². The lowest BCUT2D eigenvalue weighted by molar-refractivity contribution is 1.50. The van der Waals surface area contributed by atoms with Gasteiger partial charge in [-0.3, -0.25) is 0 Å². The first-order valence-corrected chi connectivity index (χ1v) is 12.1. The van der Waals surface area contributed by atoms with E-state index in [0.717, 1.165) is 76.3 Å². The molecule has 2 aromatic heterocycles. The predicted octanol–water partition coefficient (Wildman–Crippen LogP) is 8.17. The Bertz CT molecular complexity index is 2170. The van der Waals surface area contributed by atoms with Crippen LogP contribution in [0.3, 0.4) is 0 Å². The van der Waals surface area contributed by atoms with Crippen LogP contribution in [0.15, 0.2) is 72.8 Å². The second kappa shape index (κ2) is 6.82. The maximum absolute atomic E-state index is 5.30. The maximum Gasteiger partial charge on any atom is 0.0801 e. The minimum absolute atomic E-state index is 0.991. The molecule has 0 spiro atoms. The summed E-state index contributed by atoms with van der Waals surface area (Å²) < 4.78 is 0. The van der Waals surface area contributed by atoms with Gasteiger partial charge >= 0.3 is 0 Å². The number of hydrogen-bond acceptors (Lipinski definition) is 2. The second-order valence-corrected chi connectivity index (χ2v) is 9.28. The summed E-state index contributed by atoms with van der Waals surface area (Å²) >= 11 is 0. The molecule has 0 unspecified atom stereocenters. The van der Waals surface area contributed by atoms with Crippen LogP contribution >= 0.6 is 0 Å². The van der Waals surface area contributed by atoms with E-state index in [0.29, 0.717) is 0 Å². The molecule has 0 radical (unpaired) electrons. The molecule has 6 aromatic carbocycles. The fourth-order valence-corrected chi connectivity index (χ4v) is 6.15. The summed E-state index contributed by atoms with van der Waals surface area (Å²) in [5.74, 6) is 13.1. The molecule has 2 heterocycles. The Labute approximate surface area is 207 Å². The van der Waals surface area contributed by atoms with E-state index in [1.165, 1.54) is 10.8 Å². The van der Waals surface area contributed by atoms with Gasteiger partial charge in [0.25, 0.3) is 0 Å². The maximum atomic E-state index is 5.30. The molecule has 0 N–H and O–H groups in total. The highest BCUT2D eigenvalue weighted by Gasteiger charge is 2.23. The molecule has 0 atom stereocenters. The van der Waals surface area contributed by atoms with Crippen molar-refractivity contribution in [3.63, 3.8) is 0 Å². The van der Waals surface area contributed by atoms with Crippen molar-refractivity contribution in [1.29, 1.82) is 0 Å². The number of aromatic nitrogens is 2. The van der Waals surface area contributed by atoms with Gasteiger partial charge in [-0.1, -0.05) is 72.5 Å². The van der Waals surface area contributed by atoms with Crippen LogP contribution in [0.1, 0.15) is 25.0 Å². The van der Waals surface area contributed by atoms with E-state index in [-0.39, 0.29) is 0 Å². The molecule has 8 aromatic rings. The quantitative estimate of drug-likeness (QED) is 0.131. The Hall–Kier alpha value is -4.92. The van der Waals surface area contributed by atoms with Crippen molar-refractivity contribution in [2.45, 2.75) is 13.8 Å². The molecule has 0 aliphatic heterocycles. The first-order chi connectivity index (χ1) is 17.8. The molecule has 164 valence electrons. The van der Waals surface area contributed by atoms with E-state index < -0.39 is 0 Å². The Morgan fingerprint density at radius 3 is 1.28 bits per heavy atom. The Balaban J connectivity index is 1.76. The normalized spacial score (nSPS) is 11.7. The van der Waals surface area contributed by atoms with Gasteiger partial charge in [-0.15, -0.1) is 11.8 Å². The molecular formula is C34H18N2. The minimum atomic E-state index is 0.991. The third-order valence-corrected chi connectivity index (χ3v) is 7.50. The van der Waals surface area contributed by atoms with E-state index >= 15 is 0 Å². The van der Waals surface area contributed by atoms with Crippen LogP contribution in [-0.4, -0.2) is 9.97 Å². The summed E-state index contributed by atoms with van der Waals surface area (Å²) in [5, 5.41) is 11.4. The third-order valence-electron chi connectivity index (χ3n) is 7.50. The lowest BCUT2D eigenvalue weighted by Crippen LogP contribution is -1.98. The van der Waals surface area contributed by atoms with Crippen LogP contribution in [0.2, 0.25) is 0 Å². The summed E-state index contributed by atoms with van der Waals surface area (Å²) in [6.07, 6.45) is 0. The molecule has 0 amide bonds. The van der Waals surface area contributed by atoms with Crippen LogP contribution in [0.5, 0.6) is 0 Å². The Morgan fingerprint density at radius 1 is 0.444 bits per heavy atom. The van der Waals surface area contributed by atoms with Gasteiger partial charge in [-0.05, 0) is 26.0 Å². The molecule has 0 aliphatic carbocycles. The van der Waals surface area contributed by atoms with Gasteiger partial charge in [0, 0.05) is 65.0 Å². The molecular weight excluding hydrogens is 436 g/mol. The zero-order chi connectivity index (χ0) is 24.0. The van der Waals surface area contributed by atoms with Crippen molar-refractivity contribution in [2.24, 2.45) is 0 Å². The smallest absolute Gasteiger partial charge is 0.0801 e. The van der Waals surface area contributed by atoms with Crippen LogP contribution in [0.25, 0.3) is 75.9 Å². The molecule has 0 fully saturated rings. The fraction of sp³-hybridized carbons (Fsp3) is 0.0588. The van der Waals surface area contributed by atoms with Crippen molar-refractivity contribution in [3.05, 3.63) is 83.9 Å². The van der Waals surface area contributed by atoms with E-state index in [1.807, 2.05) is 13.8 Å². The average molecular weight is 455 g/mol. The van der Waals surface area contributed by atoms with Gasteiger partial charge in [-0.25, -0.2) is 9.97 Å². The highest BCUT2D eigenvalue weighted by molar-refractivity contribution is 6.39. The molecule has 0 saturated heterocycles. The van der Waals surface area contributed by atoms with E-state index in [2.05, 4.69) is 96.5 Å². The zero-order valence-electron chi connectivity index (χ0n) is 19.8. The third kappa shape index (κ3) is 2.24. The SMILES string of the molecule is CC#Cc1c2ccccc2c2nc3ccc4c(C#CC)c5ccccc5c5nc6ccc1c2c6c3c45. The van der Waals surface area contributed by atoms with Gasteiger partial charge in [0.1, 0.15) is 0 Å². The number of pyridine rings is 2. The first-order valence-electron chi connectivity index (χ1n) is 12.1. The second-order valence-electron chi connectivity index (χ2n) is 9.28. The van der Waals surface area contributed by atoms with Crippen molar-refractivity contribution in [1.82, 2.24) is 9.97 Å². The molecule has 0 bridgehead atoms. The lowest BCUT2D eigenvalue weighted by Gasteiger charge is -2.19. The van der Waals surface area contributed by atoms with Gasteiger partial charge < -0.3 is 0 Å². The molecule has 8 rings (SSSR count). The standard InChI is InChI=1S/C34H18N2/c1-3-9-19-21-11-5-7-13-25(21)33-29-23(19)15-17-27-31(29)32-28(35-33)18-16-24-20(10-4-2)22-12-6-8-14-26(22)34(36-27)30(24)32/h5-8,11-18H,1-2H3. The summed E-state index contributed by atoms with van der Waals surface area (Å²) in [6.45, 7) is 3.80. The van der Waals surface area contributed by atoms with Gasteiger partial charge in [0.15, 0.2) is 0 Å². The molecule has 0 aliphatic rings. The van der Waals surface area contributed by atoms with Gasteiger partial charge in [-0.2, -0.15) is 0 Å². The van der Waals surface area contributed by atoms with Crippen molar-refractivity contribution < 1.29 is 0 Å². The Morgan fingerprint density at radius 2 is 0.861 bits per heavy atom. The van der Waals surface area contributed by atoms with E-state index in [4.69, 9.17) is 9.97 Å². The predicted molar refractivity (Wildman–Crippen MR) is 152 cm³/mol. The lowest BCUT2D eigenvalue weighted by atomic mass is 9.87. The van der Waals surface area contributed by atoms with E-state index in [1.54, 1.807) is 0 Å². The number of nitrogens with zero attached hydrogens (tertiary/aromatic N) is 2. The zero-order valence-corrected chi connectivity index (χ0v) is 19.8. The minimum Gasteiger partial charge on any atom is -0.247 e. The summed E-state index contributed by atoms with van der Waals surface area (Å²) in [6, 6.07) is 25.6. The summed E-state index contributed by atoms with van der Waals surface area (Å²) in [4.78, 5) is 10.6. The largest absolute Gasteiger partial charge is 0.247 e. The monoisotopic (exact) mass is 454 g/mol. The number of rotatable bonds is 0. The number of benzene rings is 6. The molecule has 0 saturated carbocycles. The highest BCUT2D eigenvalue weighted by Crippen LogP contribution is 2.46. The number of fused-ring (bicyclic) bond motifs is 4. The number of hydrogen-bond donors (Lipinski definition) is 0. The Kier molecular flexibility index (Phi) is 3.67. The fourth-order valence-electron chi connectivity index (χ4n) is 6.15. The molecule has 2 nitrogen and oxygen atoms in total. The van der Waals surface area contributed by atoms with Crippen LogP contribution in [0.4, 0.5) is 0 Å². The summed E-state index contributed by atoms with van der Waals surface area (Å²) in [7, 11) is 0. The van der Waals surface area contributed by atoms with Crippen LogP contribution < -0.4 is 0 Å². The first kappa shape index (κ1) is 19.4. The van der Waals surface area contributed by atoms with Crippen LogP contribution in [-0.2, 0) is 0 Å². The van der Waals surface area contributed by atoms with Gasteiger partial charge in [0.05, 0.1) is 22.1 Å². The summed E-state index contributed by atoms with van der Waals surface area (Å²) in [5.41, 5.74) is 6.12. The van der Waals surface area contributed by atoms with Crippen molar-refractivity contribution in [3.8, 4) is 23.7 Å². The highest BCUT2D eigenvalue weighted by atomic mass is 14.7. The van der Waals surface area contributed by atoms with Crippen LogP contribution in [0, 0.1) is 23.7 Å². The average Bonchev–Trinajstić information content (AvgIpc) is 2.93. The molecule has 36 heavy (non-hydrogen) atoms. The van der Waals surface area contributed by atoms with Crippen molar-refractivity contribution in [2.75, 3.05) is 0 Å². The van der Waals surface area contributed by atoms with E-state index in [9.17, 15) is 0 Å².